The average Bonchev–Trinajstić information content (AvgIpc) is 3.26. The van der Waals surface area contributed by atoms with Gasteiger partial charge in [0.05, 0.1) is 10.3 Å². The number of anilines is 1. The Hall–Kier alpha value is -2.94. The zero-order valence-electron chi connectivity index (χ0n) is 17.8. The summed E-state index contributed by atoms with van der Waals surface area (Å²) in [5.41, 5.74) is 0.809. The second kappa shape index (κ2) is 8.90. The normalized spacial score (nSPS) is 15.6. The molecule has 0 saturated carbocycles. The highest BCUT2D eigenvalue weighted by molar-refractivity contribution is 7.89. The van der Waals surface area contributed by atoms with Gasteiger partial charge in [0.25, 0.3) is 0 Å². The van der Waals surface area contributed by atoms with E-state index >= 15 is 0 Å². The molecule has 1 N–H and O–H groups in total. The number of para-hydroxylation sites is 1. The van der Waals surface area contributed by atoms with Crippen molar-refractivity contribution >= 4 is 37.6 Å². The van der Waals surface area contributed by atoms with Crippen LogP contribution in [0.1, 0.15) is 6.42 Å². The quantitative estimate of drug-likeness (QED) is 0.435. The van der Waals surface area contributed by atoms with Crippen molar-refractivity contribution < 1.29 is 12.9 Å². The molecule has 2 heterocycles. The van der Waals surface area contributed by atoms with Gasteiger partial charge in [-0.15, -0.1) is 0 Å². The lowest BCUT2D eigenvalue weighted by molar-refractivity contribution is 0.254. The van der Waals surface area contributed by atoms with Crippen LogP contribution in [-0.4, -0.2) is 57.7 Å². The Morgan fingerprint density at radius 3 is 2.44 bits per heavy atom. The molecule has 0 radical (unpaired) electrons. The van der Waals surface area contributed by atoms with E-state index in [-0.39, 0.29) is 0 Å². The molecule has 166 valence electrons. The van der Waals surface area contributed by atoms with E-state index in [1.165, 1.54) is 0 Å². The van der Waals surface area contributed by atoms with E-state index in [9.17, 15) is 8.42 Å². The van der Waals surface area contributed by atoms with E-state index in [0.29, 0.717) is 11.4 Å². The summed E-state index contributed by atoms with van der Waals surface area (Å²) in [4.78, 5) is 4.96. The van der Waals surface area contributed by atoms with Crippen molar-refractivity contribution in [3.8, 4) is 0 Å². The molecule has 3 aromatic carbocycles. The van der Waals surface area contributed by atoms with E-state index in [2.05, 4.69) is 19.7 Å². The Labute approximate surface area is 187 Å². The molecule has 1 fully saturated rings. The fourth-order valence-corrected chi connectivity index (χ4v) is 5.60. The van der Waals surface area contributed by atoms with Crippen molar-refractivity contribution in [1.82, 2.24) is 14.8 Å². The fourth-order valence-electron chi connectivity index (χ4n) is 4.30. The van der Waals surface area contributed by atoms with Gasteiger partial charge in [0, 0.05) is 38.1 Å². The second-order valence-corrected chi connectivity index (χ2v) is 9.80. The summed E-state index contributed by atoms with van der Waals surface area (Å²) in [6.45, 7) is 4.84. The first-order valence-electron chi connectivity index (χ1n) is 10.9. The topological polar surface area (TPSA) is 78.7 Å². The minimum atomic E-state index is -3.54. The molecule has 0 spiro atoms. The maximum Gasteiger partial charge on any atom is 0.241 e. The molecule has 1 saturated heterocycles. The largest absolute Gasteiger partial charge is 0.354 e. The number of rotatable bonds is 7. The number of sulfonamides is 1. The van der Waals surface area contributed by atoms with Crippen LogP contribution >= 0.6 is 0 Å². The molecule has 0 bridgehead atoms. The van der Waals surface area contributed by atoms with Crippen molar-refractivity contribution in [2.24, 2.45) is 0 Å². The van der Waals surface area contributed by atoms with Crippen molar-refractivity contribution in [2.75, 3.05) is 44.2 Å². The third-order valence-electron chi connectivity index (χ3n) is 6.01. The molecule has 0 unspecified atom stereocenters. The Bertz CT molecular complexity index is 1320. The first-order chi connectivity index (χ1) is 15.6. The molecule has 0 atom stereocenters. The van der Waals surface area contributed by atoms with Crippen LogP contribution in [0.4, 0.5) is 5.82 Å². The first kappa shape index (κ1) is 20.9. The van der Waals surface area contributed by atoms with Gasteiger partial charge >= 0.3 is 0 Å². The number of piperazine rings is 1. The highest BCUT2D eigenvalue weighted by Gasteiger charge is 2.22. The summed E-state index contributed by atoms with van der Waals surface area (Å²) in [5, 5.41) is 6.97. The zero-order chi connectivity index (χ0) is 22.0. The summed E-state index contributed by atoms with van der Waals surface area (Å²) < 4.78 is 33.9. The Morgan fingerprint density at radius 2 is 1.59 bits per heavy atom. The Kier molecular flexibility index (Phi) is 5.82. The van der Waals surface area contributed by atoms with Gasteiger partial charge in [-0.3, -0.25) is 4.90 Å². The van der Waals surface area contributed by atoms with Crippen LogP contribution in [0.25, 0.3) is 21.7 Å². The lowest BCUT2D eigenvalue weighted by Crippen LogP contribution is -2.47. The second-order valence-electron chi connectivity index (χ2n) is 8.06. The van der Waals surface area contributed by atoms with Crippen LogP contribution in [0.2, 0.25) is 0 Å². The van der Waals surface area contributed by atoms with Gasteiger partial charge in [-0.05, 0) is 36.6 Å². The van der Waals surface area contributed by atoms with Gasteiger partial charge in [0.2, 0.25) is 10.0 Å². The van der Waals surface area contributed by atoms with E-state index < -0.39 is 10.0 Å². The molecular weight excluding hydrogens is 424 g/mol. The summed E-state index contributed by atoms with van der Waals surface area (Å²) in [5.74, 6) is 0.906. The molecule has 7 nitrogen and oxygen atoms in total. The smallest absolute Gasteiger partial charge is 0.241 e. The van der Waals surface area contributed by atoms with Crippen LogP contribution < -0.4 is 9.62 Å². The van der Waals surface area contributed by atoms with Crippen LogP contribution in [0.3, 0.4) is 0 Å². The average molecular weight is 451 g/mol. The standard InChI is InChI=1S/C24H26N4O3S/c29-32(30,23-12-5-8-19-7-1-2-9-20(19)23)25-13-6-14-27-15-17-28(18-16-27)24-21-10-3-4-11-22(21)31-26-24/h1-5,7-12,25H,6,13-18H2. The molecule has 1 aliphatic heterocycles. The molecule has 0 aliphatic carbocycles. The van der Waals surface area contributed by atoms with Gasteiger partial charge in [0.15, 0.2) is 11.4 Å². The van der Waals surface area contributed by atoms with Gasteiger partial charge in [0.1, 0.15) is 0 Å². The van der Waals surface area contributed by atoms with Gasteiger partial charge in [-0.2, -0.15) is 0 Å². The molecule has 0 amide bonds. The van der Waals surface area contributed by atoms with Gasteiger partial charge < -0.3 is 9.42 Å². The summed E-state index contributed by atoms with van der Waals surface area (Å²) in [6, 6.07) is 20.8. The van der Waals surface area contributed by atoms with Gasteiger partial charge in [-0.1, -0.05) is 53.7 Å². The number of fused-ring (bicyclic) bond motifs is 2. The van der Waals surface area contributed by atoms with E-state index in [1.807, 2.05) is 54.6 Å². The molecule has 32 heavy (non-hydrogen) atoms. The number of hydrogen-bond acceptors (Lipinski definition) is 6. The van der Waals surface area contributed by atoms with Crippen LogP contribution in [-0.2, 0) is 10.0 Å². The van der Waals surface area contributed by atoms with E-state index in [1.54, 1.807) is 12.1 Å². The van der Waals surface area contributed by atoms with E-state index in [4.69, 9.17) is 4.52 Å². The molecule has 1 aliphatic rings. The molecule has 4 aromatic rings. The third-order valence-corrected chi connectivity index (χ3v) is 7.53. The fraction of sp³-hybridized carbons (Fsp3) is 0.292. The molecule has 5 rings (SSSR count). The first-order valence-corrected chi connectivity index (χ1v) is 12.4. The number of nitrogens with zero attached hydrogens (tertiary/aromatic N) is 3. The minimum Gasteiger partial charge on any atom is -0.354 e. The van der Waals surface area contributed by atoms with Crippen LogP contribution in [0, 0.1) is 0 Å². The Morgan fingerprint density at radius 1 is 0.875 bits per heavy atom. The SMILES string of the molecule is O=S(=O)(NCCCN1CCN(c2noc3ccccc23)CC1)c1cccc2ccccc12. The van der Waals surface area contributed by atoms with Gasteiger partial charge in [-0.25, -0.2) is 13.1 Å². The number of aromatic nitrogens is 1. The summed E-state index contributed by atoms with van der Waals surface area (Å²) in [6.07, 6.45) is 0.761. The Balaban J connectivity index is 1.13. The number of benzene rings is 3. The summed E-state index contributed by atoms with van der Waals surface area (Å²) >= 11 is 0. The maximum atomic E-state index is 12.8. The zero-order valence-corrected chi connectivity index (χ0v) is 18.6. The highest BCUT2D eigenvalue weighted by Crippen LogP contribution is 2.26. The lowest BCUT2D eigenvalue weighted by atomic mass is 10.1. The predicted octanol–water partition coefficient (Wildman–Crippen LogP) is 3.47. The molecule has 1 aromatic heterocycles. The van der Waals surface area contributed by atoms with Crippen LogP contribution in [0.15, 0.2) is 76.1 Å². The van der Waals surface area contributed by atoms with E-state index in [0.717, 1.165) is 66.7 Å². The number of hydrogen-bond donors (Lipinski definition) is 1. The van der Waals surface area contributed by atoms with Crippen molar-refractivity contribution in [3.63, 3.8) is 0 Å². The van der Waals surface area contributed by atoms with Crippen molar-refractivity contribution in [3.05, 3.63) is 66.7 Å². The third kappa shape index (κ3) is 4.21. The van der Waals surface area contributed by atoms with Crippen molar-refractivity contribution in [2.45, 2.75) is 11.3 Å². The highest BCUT2D eigenvalue weighted by atomic mass is 32.2. The van der Waals surface area contributed by atoms with Crippen LogP contribution in [0.5, 0.6) is 0 Å². The monoisotopic (exact) mass is 450 g/mol. The number of nitrogens with one attached hydrogen (secondary N) is 1. The summed E-state index contributed by atoms with van der Waals surface area (Å²) in [7, 11) is -3.54. The lowest BCUT2D eigenvalue weighted by Gasteiger charge is -2.34. The predicted molar refractivity (Wildman–Crippen MR) is 126 cm³/mol. The maximum absolute atomic E-state index is 12.8. The molecule has 8 heteroatoms. The van der Waals surface area contributed by atoms with Crippen molar-refractivity contribution in [1.29, 1.82) is 0 Å². The molecular formula is C24H26N4O3S. The minimum absolute atomic E-state index is 0.337.